The Hall–Kier alpha value is -3.52. The molecule has 4 rings (SSSR count). The number of thioether (sulfide) groups is 1. The fourth-order valence-electron chi connectivity index (χ4n) is 4.19. The number of fused-ring (bicyclic) bond motifs is 1. The third-order valence-corrected chi connectivity index (χ3v) is 7.23. The number of hydrogen-bond donors (Lipinski definition) is 1. The van der Waals surface area contributed by atoms with E-state index in [9.17, 15) is 4.79 Å². The smallest absolute Gasteiger partial charge is 0.233 e. The number of nitrogens with one attached hydrogen (secondary N) is 1. The highest BCUT2D eigenvalue weighted by atomic mass is 32.2. The molecule has 0 saturated heterocycles. The van der Waals surface area contributed by atoms with Crippen LogP contribution in [-0.4, -0.2) is 46.7 Å². The van der Waals surface area contributed by atoms with E-state index in [0.717, 1.165) is 23.1 Å². The van der Waals surface area contributed by atoms with Crippen molar-refractivity contribution in [3.8, 4) is 11.5 Å². The van der Waals surface area contributed by atoms with Gasteiger partial charge in [-0.2, -0.15) is 0 Å². The van der Waals surface area contributed by atoms with Gasteiger partial charge < -0.3 is 19.4 Å². The van der Waals surface area contributed by atoms with Gasteiger partial charge in [0.2, 0.25) is 5.91 Å². The van der Waals surface area contributed by atoms with Crippen LogP contribution in [0.1, 0.15) is 30.8 Å². The Morgan fingerprint density at radius 3 is 2.58 bits per heavy atom. The van der Waals surface area contributed by atoms with Crippen LogP contribution in [0.25, 0.3) is 10.8 Å². The Bertz CT molecular complexity index is 1330. The SMILES string of the molecule is CCn1c(Cc2cccc3ccccc23)nnc1S[C@@H](C)C(=O)NCCc1ccc(OC)c(OC)c1. The minimum atomic E-state index is -0.296. The van der Waals surface area contributed by atoms with Gasteiger partial charge in [0.25, 0.3) is 0 Å². The molecule has 36 heavy (non-hydrogen) atoms. The molecule has 1 heterocycles. The fourth-order valence-corrected chi connectivity index (χ4v) is 5.15. The number of rotatable bonds is 11. The largest absolute Gasteiger partial charge is 0.493 e. The lowest BCUT2D eigenvalue weighted by atomic mass is 10.0. The normalized spacial score (nSPS) is 11.9. The summed E-state index contributed by atoms with van der Waals surface area (Å²) in [6.45, 7) is 5.25. The number of carbonyl (C=O) groups excluding carboxylic acids is 1. The molecule has 0 spiro atoms. The zero-order valence-electron chi connectivity index (χ0n) is 21.2. The molecule has 1 atom stereocenters. The van der Waals surface area contributed by atoms with E-state index < -0.39 is 0 Å². The van der Waals surface area contributed by atoms with E-state index in [0.29, 0.717) is 30.9 Å². The molecule has 0 saturated carbocycles. The minimum Gasteiger partial charge on any atom is -0.493 e. The highest BCUT2D eigenvalue weighted by Gasteiger charge is 2.20. The van der Waals surface area contributed by atoms with Crippen molar-refractivity contribution in [2.24, 2.45) is 0 Å². The van der Waals surface area contributed by atoms with Crippen LogP contribution in [0.15, 0.2) is 65.8 Å². The number of methoxy groups -OCH3 is 2. The van der Waals surface area contributed by atoms with Crippen LogP contribution in [-0.2, 0) is 24.2 Å². The zero-order valence-corrected chi connectivity index (χ0v) is 22.0. The summed E-state index contributed by atoms with van der Waals surface area (Å²) in [6.07, 6.45) is 1.39. The maximum absolute atomic E-state index is 12.8. The molecule has 3 aromatic carbocycles. The first-order valence-corrected chi connectivity index (χ1v) is 13.0. The van der Waals surface area contributed by atoms with Gasteiger partial charge in [0, 0.05) is 19.5 Å². The van der Waals surface area contributed by atoms with Gasteiger partial charge in [-0.05, 0) is 54.3 Å². The molecule has 0 fully saturated rings. The number of ether oxygens (including phenoxy) is 2. The fraction of sp³-hybridized carbons (Fsp3) is 0.321. The lowest BCUT2D eigenvalue weighted by molar-refractivity contribution is -0.120. The molecule has 1 aromatic heterocycles. The summed E-state index contributed by atoms with van der Waals surface area (Å²) in [7, 11) is 3.23. The maximum atomic E-state index is 12.8. The molecule has 0 aliphatic rings. The van der Waals surface area contributed by atoms with Crippen LogP contribution in [0, 0.1) is 0 Å². The highest BCUT2D eigenvalue weighted by molar-refractivity contribution is 8.00. The Balaban J connectivity index is 1.37. The summed E-state index contributed by atoms with van der Waals surface area (Å²) >= 11 is 1.44. The number of nitrogens with zero attached hydrogens (tertiary/aromatic N) is 3. The Kier molecular flexibility index (Phi) is 8.48. The highest BCUT2D eigenvalue weighted by Crippen LogP contribution is 2.28. The minimum absolute atomic E-state index is 0.0262. The molecular weight excluding hydrogens is 472 g/mol. The first-order chi connectivity index (χ1) is 17.5. The number of hydrogen-bond acceptors (Lipinski definition) is 6. The van der Waals surface area contributed by atoms with E-state index in [1.807, 2.05) is 25.1 Å². The molecule has 8 heteroatoms. The van der Waals surface area contributed by atoms with Gasteiger partial charge in [0.15, 0.2) is 16.7 Å². The predicted molar refractivity (Wildman–Crippen MR) is 144 cm³/mol. The molecule has 4 aromatic rings. The van der Waals surface area contributed by atoms with Crippen molar-refractivity contribution < 1.29 is 14.3 Å². The Morgan fingerprint density at radius 1 is 1.03 bits per heavy atom. The van der Waals surface area contributed by atoms with Crippen LogP contribution in [0.5, 0.6) is 11.5 Å². The van der Waals surface area contributed by atoms with E-state index in [4.69, 9.17) is 9.47 Å². The van der Waals surface area contributed by atoms with Gasteiger partial charge in [-0.3, -0.25) is 4.79 Å². The molecule has 0 radical (unpaired) electrons. The van der Waals surface area contributed by atoms with E-state index in [1.54, 1.807) is 14.2 Å². The van der Waals surface area contributed by atoms with Crippen LogP contribution in [0.3, 0.4) is 0 Å². The van der Waals surface area contributed by atoms with Crippen molar-refractivity contribution in [1.29, 1.82) is 0 Å². The van der Waals surface area contributed by atoms with Crippen LogP contribution in [0.4, 0.5) is 0 Å². The average molecular weight is 505 g/mol. The van der Waals surface area contributed by atoms with Gasteiger partial charge in [-0.1, -0.05) is 60.3 Å². The quantitative estimate of drug-likeness (QED) is 0.293. The van der Waals surface area contributed by atoms with Crippen molar-refractivity contribution in [2.45, 2.75) is 43.6 Å². The van der Waals surface area contributed by atoms with Gasteiger partial charge in [0.1, 0.15) is 5.82 Å². The van der Waals surface area contributed by atoms with Crippen molar-refractivity contribution >= 4 is 28.4 Å². The second-order valence-corrected chi connectivity index (χ2v) is 9.76. The molecular formula is C28H32N4O3S. The Labute approximate surface area is 216 Å². The van der Waals surface area contributed by atoms with Crippen LogP contribution >= 0.6 is 11.8 Å². The Morgan fingerprint density at radius 2 is 1.81 bits per heavy atom. The molecule has 0 aliphatic heterocycles. The summed E-state index contributed by atoms with van der Waals surface area (Å²) in [5, 5.41) is 14.8. The van der Waals surface area contributed by atoms with Crippen molar-refractivity contribution in [3.05, 3.63) is 77.6 Å². The van der Waals surface area contributed by atoms with E-state index in [-0.39, 0.29) is 11.2 Å². The molecule has 1 N–H and O–H groups in total. The predicted octanol–water partition coefficient (Wildman–Crippen LogP) is 4.90. The summed E-state index contributed by atoms with van der Waals surface area (Å²) in [6, 6.07) is 20.5. The number of benzene rings is 3. The van der Waals surface area contributed by atoms with E-state index in [2.05, 4.69) is 69.5 Å². The lowest BCUT2D eigenvalue weighted by Gasteiger charge is -2.14. The molecule has 0 bridgehead atoms. The van der Waals surface area contributed by atoms with Crippen molar-refractivity contribution in [2.75, 3.05) is 20.8 Å². The first-order valence-electron chi connectivity index (χ1n) is 12.1. The summed E-state index contributed by atoms with van der Waals surface area (Å²) in [4.78, 5) is 12.8. The summed E-state index contributed by atoms with van der Waals surface area (Å²) < 4.78 is 12.7. The second-order valence-electron chi connectivity index (χ2n) is 8.45. The second kappa shape index (κ2) is 11.9. The zero-order chi connectivity index (χ0) is 25.5. The standard InChI is InChI=1S/C28H32N4O3S/c1-5-32-26(18-22-11-8-10-21-9-6-7-12-23(21)22)30-31-28(32)36-19(2)27(33)29-16-15-20-13-14-24(34-3)25(17-20)35-4/h6-14,17,19H,5,15-16,18H2,1-4H3,(H,29,33)/t19-/m0/s1. The number of aromatic nitrogens is 3. The molecule has 1 amide bonds. The monoisotopic (exact) mass is 504 g/mol. The van der Waals surface area contributed by atoms with Gasteiger partial charge in [-0.15, -0.1) is 10.2 Å². The maximum Gasteiger partial charge on any atom is 0.233 e. The molecule has 0 unspecified atom stereocenters. The van der Waals surface area contributed by atoms with Crippen molar-refractivity contribution in [1.82, 2.24) is 20.1 Å². The van der Waals surface area contributed by atoms with Crippen LogP contribution in [0.2, 0.25) is 0 Å². The molecule has 188 valence electrons. The van der Waals surface area contributed by atoms with Gasteiger partial charge in [-0.25, -0.2) is 0 Å². The van der Waals surface area contributed by atoms with E-state index in [1.165, 1.54) is 28.1 Å². The van der Waals surface area contributed by atoms with Gasteiger partial charge >= 0.3 is 0 Å². The number of amides is 1. The first kappa shape index (κ1) is 25.6. The topological polar surface area (TPSA) is 78.3 Å². The third-order valence-electron chi connectivity index (χ3n) is 6.15. The van der Waals surface area contributed by atoms with E-state index >= 15 is 0 Å². The average Bonchev–Trinajstić information content (AvgIpc) is 3.29. The van der Waals surface area contributed by atoms with Crippen molar-refractivity contribution in [3.63, 3.8) is 0 Å². The molecule has 7 nitrogen and oxygen atoms in total. The molecule has 0 aliphatic carbocycles. The lowest BCUT2D eigenvalue weighted by Crippen LogP contribution is -2.32. The summed E-state index contributed by atoms with van der Waals surface area (Å²) in [5.74, 6) is 2.25. The summed E-state index contributed by atoms with van der Waals surface area (Å²) in [5.41, 5.74) is 2.28. The van der Waals surface area contributed by atoms with Gasteiger partial charge in [0.05, 0.1) is 19.5 Å². The van der Waals surface area contributed by atoms with Crippen LogP contribution < -0.4 is 14.8 Å². The third kappa shape index (κ3) is 5.82. The number of carbonyl (C=O) groups is 1.